The van der Waals surface area contributed by atoms with E-state index in [1.165, 1.54) is 12.1 Å². The van der Waals surface area contributed by atoms with Gasteiger partial charge in [-0.2, -0.15) is 0 Å². The summed E-state index contributed by atoms with van der Waals surface area (Å²) in [6.45, 7) is 3.33. The standard InChI is InChI=1S/C29H24BrF2N3O2/c1-19-23(29(37)34-15-13-33(14-16-34)28(36)22-9-5-6-10-24(22)30)18-27(20-7-3-2-4-8-20)35(19)26-12-11-21(31)17-25(26)32/h2-12,17-18H,13-16H2,1H3. The molecule has 0 atom stereocenters. The second-order valence-electron chi connectivity index (χ2n) is 8.89. The second-order valence-corrected chi connectivity index (χ2v) is 9.74. The molecule has 1 fully saturated rings. The Balaban J connectivity index is 1.44. The lowest BCUT2D eigenvalue weighted by Gasteiger charge is -2.35. The van der Waals surface area contributed by atoms with E-state index in [2.05, 4.69) is 15.9 Å². The van der Waals surface area contributed by atoms with E-state index >= 15 is 0 Å². The Kier molecular flexibility index (Phi) is 6.93. The smallest absolute Gasteiger partial charge is 0.255 e. The molecule has 0 saturated carbocycles. The van der Waals surface area contributed by atoms with Crippen molar-refractivity contribution in [2.75, 3.05) is 26.2 Å². The van der Waals surface area contributed by atoms with Gasteiger partial charge in [-0.1, -0.05) is 42.5 Å². The highest BCUT2D eigenvalue weighted by molar-refractivity contribution is 9.10. The van der Waals surface area contributed by atoms with Crippen LogP contribution in [0.25, 0.3) is 16.9 Å². The van der Waals surface area contributed by atoms with Gasteiger partial charge in [-0.3, -0.25) is 9.59 Å². The SMILES string of the molecule is Cc1c(C(=O)N2CCN(C(=O)c3ccccc3Br)CC2)cc(-c2ccccc2)n1-c1ccc(F)cc1F. The van der Waals surface area contributed by atoms with E-state index in [9.17, 15) is 18.4 Å². The fourth-order valence-corrected chi connectivity index (χ4v) is 5.16. The molecule has 5 rings (SSSR count). The van der Waals surface area contributed by atoms with Crippen molar-refractivity contribution in [1.29, 1.82) is 0 Å². The van der Waals surface area contributed by atoms with Crippen LogP contribution < -0.4 is 0 Å². The summed E-state index contributed by atoms with van der Waals surface area (Å²) in [5.41, 5.74) is 3.19. The highest BCUT2D eigenvalue weighted by Crippen LogP contribution is 2.32. The zero-order valence-electron chi connectivity index (χ0n) is 20.1. The number of aromatic nitrogens is 1. The van der Waals surface area contributed by atoms with E-state index in [4.69, 9.17) is 0 Å². The zero-order valence-corrected chi connectivity index (χ0v) is 21.7. The summed E-state index contributed by atoms with van der Waals surface area (Å²) in [6.07, 6.45) is 0. The van der Waals surface area contributed by atoms with Crippen molar-refractivity contribution in [2.45, 2.75) is 6.92 Å². The first kappa shape index (κ1) is 24.9. The van der Waals surface area contributed by atoms with Crippen LogP contribution in [0.3, 0.4) is 0 Å². The van der Waals surface area contributed by atoms with Crippen LogP contribution >= 0.6 is 15.9 Å². The van der Waals surface area contributed by atoms with Crippen molar-refractivity contribution in [1.82, 2.24) is 14.4 Å². The summed E-state index contributed by atoms with van der Waals surface area (Å²) in [4.78, 5) is 30.1. The number of carbonyl (C=O) groups excluding carboxylic acids is 2. The van der Waals surface area contributed by atoms with Crippen LogP contribution in [0.4, 0.5) is 8.78 Å². The van der Waals surface area contributed by atoms with Gasteiger partial charge in [0.25, 0.3) is 11.8 Å². The lowest BCUT2D eigenvalue weighted by molar-refractivity contribution is 0.0534. The van der Waals surface area contributed by atoms with Gasteiger partial charge in [0, 0.05) is 42.4 Å². The Hall–Kier alpha value is -3.78. The van der Waals surface area contributed by atoms with Crippen LogP contribution in [0, 0.1) is 18.6 Å². The Bertz CT molecular complexity index is 1480. The van der Waals surface area contributed by atoms with Gasteiger partial charge in [0.2, 0.25) is 0 Å². The summed E-state index contributed by atoms with van der Waals surface area (Å²) in [5, 5.41) is 0. The van der Waals surface area contributed by atoms with Crippen LogP contribution in [0.15, 0.2) is 83.3 Å². The summed E-state index contributed by atoms with van der Waals surface area (Å²) in [6, 6.07) is 21.8. The van der Waals surface area contributed by atoms with Gasteiger partial charge < -0.3 is 14.4 Å². The Morgan fingerprint density at radius 1 is 0.757 bits per heavy atom. The molecular formula is C29H24BrF2N3O2. The van der Waals surface area contributed by atoms with Gasteiger partial charge in [0.05, 0.1) is 22.5 Å². The summed E-state index contributed by atoms with van der Waals surface area (Å²) in [5.74, 6) is -1.66. The number of hydrogen-bond acceptors (Lipinski definition) is 2. The summed E-state index contributed by atoms with van der Waals surface area (Å²) in [7, 11) is 0. The topological polar surface area (TPSA) is 45.6 Å². The monoisotopic (exact) mass is 563 g/mol. The average molecular weight is 564 g/mol. The molecule has 8 heteroatoms. The minimum Gasteiger partial charge on any atom is -0.335 e. The predicted octanol–water partition coefficient (Wildman–Crippen LogP) is 6.09. The zero-order chi connectivity index (χ0) is 26.1. The maximum Gasteiger partial charge on any atom is 0.255 e. The van der Waals surface area contributed by atoms with Crippen molar-refractivity contribution in [2.24, 2.45) is 0 Å². The third-order valence-corrected chi connectivity index (χ3v) is 7.35. The maximum atomic E-state index is 14.9. The van der Waals surface area contributed by atoms with Crippen LogP contribution in [-0.2, 0) is 0 Å². The number of carbonyl (C=O) groups is 2. The van der Waals surface area contributed by atoms with Gasteiger partial charge in [-0.15, -0.1) is 0 Å². The summed E-state index contributed by atoms with van der Waals surface area (Å²) >= 11 is 3.43. The molecular weight excluding hydrogens is 540 g/mol. The van der Waals surface area contributed by atoms with E-state index < -0.39 is 11.6 Å². The number of rotatable bonds is 4. The molecule has 2 amide bonds. The number of halogens is 3. The molecule has 0 aliphatic carbocycles. The van der Waals surface area contributed by atoms with Crippen LogP contribution in [-0.4, -0.2) is 52.4 Å². The molecule has 2 heterocycles. The van der Waals surface area contributed by atoms with Crippen LogP contribution in [0.5, 0.6) is 0 Å². The molecule has 0 bridgehead atoms. The molecule has 1 aliphatic rings. The van der Waals surface area contributed by atoms with Crippen molar-refractivity contribution in [3.8, 4) is 16.9 Å². The Labute approximate surface area is 222 Å². The normalized spacial score (nSPS) is 13.6. The van der Waals surface area contributed by atoms with Crippen LogP contribution in [0.2, 0.25) is 0 Å². The van der Waals surface area contributed by atoms with E-state index in [0.717, 1.165) is 16.1 Å². The highest BCUT2D eigenvalue weighted by atomic mass is 79.9. The molecule has 4 aromatic rings. The first-order valence-corrected chi connectivity index (χ1v) is 12.7. The number of amides is 2. The maximum absolute atomic E-state index is 14.9. The van der Waals surface area contributed by atoms with E-state index in [1.54, 1.807) is 33.4 Å². The largest absolute Gasteiger partial charge is 0.335 e. The lowest BCUT2D eigenvalue weighted by atomic mass is 10.1. The second kappa shape index (κ2) is 10.3. The minimum atomic E-state index is -0.714. The average Bonchev–Trinajstić information content (AvgIpc) is 3.25. The van der Waals surface area contributed by atoms with Crippen molar-refractivity contribution in [3.05, 3.63) is 112 Å². The molecule has 5 nitrogen and oxygen atoms in total. The van der Waals surface area contributed by atoms with Crippen molar-refractivity contribution in [3.63, 3.8) is 0 Å². The van der Waals surface area contributed by atoms with E-state index in [0.29, 0.717) is 48.7 Å². The third-order valence-electron chi connectivity index (χ3n) is 6.66. The molecule has 0 N–H and O–H groups in total. The first-order valence-electron chi connectivity index (χ1n) is 11.9. The van der Waals surface area contributed by atoms with Gasteiger partial charge in [0.15, 0.2) is 0 Å². The minimum absolute atomic E-state index is 0.0833. The molecule has 37 heavy (non-hydrogen) atoms. The molecule has 0 unspecified atom stereocenters. The Morgan fingerprint density at radius 3 is 1.97 bits per heavy atom. The summed E-state index contributed by atoms with van der Waals surface area (Å²) < 4.78 is 30.9. The molecule has 1 aromatic heterocycles. The van der Waals surface area contributed by atoms with Crippen molar-refractivity contribution < 1.29 is 18.4 Å². The first-order chi connectivity index (χ1) is 17.8. The predicted molar refractivity (Wildman–Crippen MR) is 142 cm³/mol. The number of nitrogens with zero attached hydrogens (tertiary/aromatic N) is 3. The molecule has 1 saturated heterocycles. The van der Waals surface area contributed by atoms with Crippen LogP contribution in [0.1, 0.15) is 26.4 Å². The molecule has 1 aliphatic heterocycles. The number of hydrogen-bond donors (Lipinski definition) is 0. The lowest BCUT2D eigenvalue weighted by Crippen LogP contribution is -2.50. The van der Waals surface area contributed by atoms with Crippen molar-refractivity contribution >= 4 is 27.7 Å². The van der Waals surface area contributed by atoms with Gasteiger partial charge >= 0.3 is 0 Å². The molecule has 0 radical (unpaired) electrons. The number of piperazine rings is 1. The molecule has 188 valence electrons. The van der Waals surface area contributed by atoms with Gasteiger partial charge in [0.1, 0.15) is 11.6 Å². The quantitative estimate of drug-likeness (QED) is 0.301. The third kappa shape index (κ3) is 4.81. The number of benzene rings is 3. The van der Waals surface area contributed by atoms with E-state index in [-0.39, 0.29) is 17.5 Å². The van der Waals surface area contributed by atoms with Gasteiger partial charge in [-0.25, -0.2) is 8.78 Å². The highest BCUT2D eigenvalue weighted by Gasteiger charge is 2.29. The Morgan fingerprint density at radius 2 is 1.35 bits per heavy atom. The van der Waals surface area contributed by atoms with Gasteiger partial charge in [-0.05, 0) is 58.7 Å². The molecule has 0 spiro atoms. The fraction of sp³-hybridized carbons (Fsp3) is 0.172. The fourth-order valence-electron chi connectivity index (χ4n) is 4.71. The van der Waals surface area contributed by atoms with E-state index in [1.807, 2.05) is 48.5 Å². The molecule has 3 aromatic carbocycles.